The van der Waals surface area contributed by atoms with E-state index in [2.05, 4.69) is 74.6 Å². The first-order valence-electron chi connectivity index (χ1n) is 34.9. The van der Waals surface area contributed by atoms with Gasteiger partial charge in [-0.15, -0.1) is 0 Å². The maximum atomic E-state index is 12.9. The number of nitrogens with zero attached hydrogens (tertiary/aromatic N) is 1. The molecule has 0 aliphatic carbocycles. The Labute approximate surface area is 507 Å². The van der Waals surface area contributed by atoms with Crippen molar-refractivity contribution in [3.05, 3.63) is 60.8 Å². The van der Waals surface area contributed by atoms with Crippen LogP contribution in [0, 0.1) is 0 Å². The minimum absolute atomic E-state index is 0.148. The van der Waals surface area contributed by atoms with Crippen molar-refractivity contribution in [3.8, 4) is 0 Å². The Morgan fingerprint density at radius 2 is 0.695 bits per heavy atom. The van der Waals surface area contributed by atoms with Gasteiger partial charge >= 0.3 is 11.9 Å². The van der Waals surface area contributed by atoms with Crippen molar-refractivity contribution < 1.29 is 42.9 Å². The van der Waals surface area contributed by atoms with E-state index in [1.807, 2.05) is 21.1 Å². The molecule has 0 aliphatic rings. The van der Waals surface area contributed by atoms with Gasteiger partial charge in [0.2, 0.25) is 0 Å². The summed E-state index contributed by atoms with van der Waals surface area (Å²) in [6.45, 7) is 4.66. The average Bonchev–Trinajstić information content (AvgIpc) is 3.45. The molecule has 9 nitrogen and oxygen atoms in total. The number of quaternary nitrogens is 1. The van der Waals surface area contributed by atoms with E-state index in [-0.39, 0.29) is 38.6 Å². The zero-order valence-corrected chi connectivity index (χ0v) is 54.6. The van der Waals surface area contributed by atoms with Gasteiger partial charge in [0, 0.05) is 12.8 Å². The van der Waals surface area contributed by atoms with E-state index in [1.165, 1.54) is 218 Å². The minimum atomic E-state index is -1.62. The number of unbranched alkanes of at least 4 members (excludes halogenated alkanes) is 40. The summed E-state index contributed by atoms with van der Waals surface area (Å²) in [6, 6.07) is 0. The number of hydrogen-bond donors (Lipinski definition) is 0. The Morgan fingerprint density at radius 3 is 1.05 bits per heavy atom. The molecule has 0 fully saturated rings. The van der Waals surface area contributed by atoms with Gasteiger partial charge in [-0.3, -0.25) is 9.59 Å². The molecule has 2 unspecified atom stereocenters. The first-order chi connectivity index (χ1) is 40.1. The van der Waals surface area contributed by atoms with Crippen molar-refractivity contribution in [2.24, 2.45) is 0 Å². The molecule has 0 spiro atoms. The van der Waals surface area contributed by atoms with E-state index in [9.17, 15) is 19.5 Å². The Bertz CT molecular complexity index is 1530. The quantitative estimate of drug-likeness (QED) is 0.0195. The van der Waals surface area contributed by atoms with Gasteiger partial charge in [0.25, 0.3) is 0 Å². The molecule has 0 aromatic heterocycles. The summed E-state index contributed by atoms with van der Waals surface area (Å²) < 4.78 is 22.8. The minimum Gasteiger partial charge on any atom is -0.545 e. The summed E-state index contributed by atoms with van der Waals surface area (Å²) in [4.78, 5) is 37.4. The van der Waals surface area contributed by atoms with Crippen LogP contribution in [-0.4, -0.2) is 82.3 Å². The van der Waals surface area contributed by atoms with Crippen molar-refractivity contribution in [1.82, 2.24) is 0 Å². The number of carboxylic acids is 1. The summed E-state index contributed by atoms with van der Waals surface area (Å²) in [6.07, 6.45) is 80.4. The summed E-state index contributed by atoms with van der Waals surface area (Å²) in [5.74, 6) is -2.27. The fourth-order valence-corrected chi connectivity index (χ4v) is 10.2. The van der Waals surface area contributed by atoms with Crippen molar-refractivity contribution in [2.75, 3.05) is 47.5 Å². The van der Waals surface area contributed by atoms with Crippen molar-refractivity contribution in [2.45, 2.75) is 341 Å². The van der Waals surface area contributed by atoms with Gasteiger partial charge in [0.1, 0.15) is 13.2 Å². The van der Waals surface area contributed by atoms with Crippen LogP contribution in [0.5, 0.6) is 0 Å². The number of carbonyl (C=O) groups excluding carboxylic acids is 3. The second kappa shape index (κ2) is 64.0. The number of carboxylic acid groups (broad SMARTS) is 1. The molecule has 0 aliphatic heterocycles. The van der Waals surface area contributed by atoms with Crippen LogP contribution in [-0.2, 0) is 33.3 Å². The van der Waals surface area contributed by atoms with Crippen molar-refractivity contribution in [3.63, 3.8) is 0 Å². The molecule has 0 N–H and O–H groups in total. The highest BCUT2D eigenvalue weighted by Gasteiger charge is 2.22. The third-order valence-corrected chi connectivity index (χ3v) is 15.5. The molecule has 2 atom stereocenters. The van der Waals surface area contributed by atoms with E-state index in [0.29, 0.717) is 17.4 Å². The standard InChI is InChI=1S/C73H133NO8/c1-6-8-10-12-14-16-18-20-22-24-25-26-27-28-29-30-31-32-33-34-35-36-37-38-39-40-41-42-43-44-45-46-47-48-50-52-54-56-58-60-62-64-71(76)82-69(68-81-73(72(77)78)79-66-65-74(3,4)5)67-80-70(75)63-61-59-57-55-53-51-49-23-21-19-17-15-13-11-9-7-2/h8,10,14,16,20,22-23,25-26,49,69,73H,6-7,9,11-13,15,17-19,21,24,27-48,50-68H2,1-5H3/b10-8-,16-14-,22-20-,26-25-,49-23-. The predicted molar refractivity (Wildman–Crippen MR) is 348 cm³/mol. The molecule has 0 rings (SSSR count). The van der Waals surface area contributed by atoms with Crippen LogP contribution in [0.3, 0.4) is 0 Å². The van der Waals surface area contributed by atoms with E-state index in [1.54, 1.807) is 0 Å². The Balaban J connectivity index is 3.92. The predicted octanol–water partition coefficient (Wildman–Crippen LogP) is 20.2. The molecule has 0 amide bonds. The van der Waals surface area contributed by atoms with Gasteiger partial charge in [-0.1, -0.05) is 299 Å². The maximum Gasteiger partial charge on any atom is 0.306 e. The lowest BCUT2D eigenvalue weighted by atomic mass is 10.0. The largest absolute Gasteiger partial charge is 0.545 e. The Kier molecular flexibility index (Phi) is 61.6. The summed E-state index contributed by atoms with van der Waals surface area (Å²) >= 11 is 0. The number of ether oxygens (including phenoxy) is 4. The van der Waals surface area contributed by atoms with Gasteiger partial charge < -0.3 is 33.3 Å². The number of aliphatic carboxylic acids is 1. The van der Waals surface area contributed by atoms with Gasteiger partial charge in [-0.2, -0.15) is 0 Å². The van der Waals surface area contributed by atoms with Crippen LogP contribution in [0.2, 0.25) is 0 Å². The lowest BCUT2D eigenvalue weighted by Crippen LogP contribution is -2.44. The summed E-state index contributed by atoms with van der Waals surface area (Å²) in [5, 5.41) is 11.8. The summed E-state index contributed by atoms with van der Waals surface area (Å²) in [5.41, 5.74) is 0. The van der Waals surface area contributed by atoms with Crippen molar-refractivity contribution in [1.29, 1.82) is 0 Å². The fourth-order valence-electron chi connectivity index (χ4n) is 10.2. The van der Waals surface area contributed by atoms with Gasteiger partial charge in [0.15, 0.2) is 12.4 Å². The number of likely N-dealkylation sites (N-methyl/N-ethyl adjacent to an activating group) is 1. The van der Waals surface area contributed by atoms with Crippen LogP contribution in [0.1, 0.15) is 328 Å². The molecular weight excluding hydrogens is 1020 g/mol. The highest BCUT2D eigenvalue weighted by molar-refractivity contribution is 5.70. The molecule has 0 radical (unpaired) electrons. The second-order valence-electron chi connectivity index (χ2n) is 24.8. The molecule has 0 heterocycles. The van der Waals surface area contributed by atoms with E-state index in [4.69, 9.17) is 18.9 Å². The molecule has 0 aromatic rings. The van der Waals surface area contributed by atoms with Crippen LogP contribution >= 0.6 is 0 Å². The third kappa shape index (κ3) is 64.5. The van der Waals surface area contributed by atoms with Crippen molar-refractivity contribution >= 4 is 17.9 Å². The SMILES string of the molecule is CC/C=C\C/C=C\C/C=C\C/C=C\CCCCCCCCCCCCCCCCCCCCCCCCCCCCCCC(=O)OC(COC(=O)CCCCCCC/C=C\CCCCCCCCC)COC(OCC[N+](C)(C)C)C(=O)[O-]. The number of allylic oxidation sites excluding steroid dienone is 10. The number of carbonyl (C=O) groups is 3. The molecule has 9 heteroatoms. The van der Waals surface area contributed by atoms with E-state index >= 15 is 0 Å². The molecule has 478 valence electrons. The van der Waals surface area contributed by atoms with Gasteiger partial charge in [-0.05, 0) is 77.0 Å². The number of esters is 2. The first kappa shape index (κ1) is 79.0. The van der Waals surface area contributed by atoms with Crippen LogP contribution in [0.15, 0.2) is 60.8 Å². The monoisotopic (exact) mass is 1150 g/mol. The average molecular weight is 1150 g/mol. The second-order valence-corrected chi connectivity index (χ2v) is 24.8. The zero-order valence-electron chi connectivity index (χ0n) is 54.6. The lowest BCUT2D eigenvalue weighted by Gasteiger charge is -2.26. The fraction of sp³-hybridized carbons (Fsp3) is 0.822. The number of hydrogen-bond acceptors (Lipinski definition) is 8. The Hall–Kier alpha value is -3.01. The molecule has 0 saturated carbocycles. The van der Waals surface area contributed by atoms with Crippen LogP contribution < -0.4 is 5.11 Å². The van der Waals surface area contributed by atoms with E-state index < -0.39 is 24.3 Å². The number of rotatable bonds is 65. The van der Waals surface area contributed by atoms with Crippen LogP contribution in [0.25, 0.3) is 0 Å². The summed E-state index contributed by atoms with van der Waals surface area (Å²) in [7, 11) is 5.93. The maximum absolute atomic E-state index is 12.9. The third-order valence-electron chi connectivity index (χ3n) is 15.5. The highest BCUT2D eigenvalue weighted by Crippen LogP contribution is 2.18. The zero-order chi connectivity index (χ0) is 59.8. The molecule has 0 aromatic carbocycles. The topological polar surface area (TPSA) is 111 Å². The van der Waals surface area contributed by atoms with Gasteiger partial charge in [-0.25, -0.2) is 0 Å². The van der Waals surface area contributed by atoms with Gasteiger partial charge in [0.05, 0.1) is 40.3 Å². The normalized spacial score (nSPS) is 13.0. The molecule has 0 saturated heterocycles. The Morgan fingerprint density at radius 1 is 0.378 bits per heavy atom. The highest BCUT2D eigenvalue weighted by atomic mass is 16.7. The lowest BCUT2D eigenvalue weighted by molar-refractivity contribution is -0.870. The smallest absolute Gasteiger partial charge is 0.306 e. The molecule has 0 bridgehead atoms. The first-order valence-corrected chi connectivity index (χ1v) is 34.9. The van der Waals surface area contributed by atoms with E-state index in [0.717, 1.165) is 77.0 Å². The van der Waals surface area contributed by atoms with Crippen LogP contribution in [0.4, 0.5) is 0 Å². The molecular formula is C73H133NO8. The molecule has 82 heavy (non-hydrogen) atoms.